The van der Waals surface area contributed by atoms with Gasteiger partial charge in [-0.25, -0.2) is 9.97 Å². The monoisotopic (exact) mass is 526 g/mol. The van der Waals surface area contributed by atoms with Gasteiger partial charge >= 0.3 is 0 Å². The minimum absolute atomic E-state index is 0.200. The Morgan fingerprint density at radius 1 is 0.949 bits per heavy atom. The molecule has 1 aliphatic carbocycles. The molecule has 39 heavy (non-hydrogen) atoms. The van der Waals surface area contributed by atoms with Gasteiger partial charge in [0, 0.05) is 52.5 Å². The fourth-order valence-corrected chi connectivity index (χ4v) is 6.01. The summed E-state index contributed by atoms with van der Waals surface area (Å²) in [6.07, 6.45) is 14.4. The predicted octanol–water partition coefficient (Wildman–Crippen LogP) is 4.85. The van der Waals surface area contributed by atoms with Gasteiger partial charge in [-0.05, 0) is 62.1 Å². The van der Waals surface area contributed by atoms with Crippen molar-refractivity contribution in [1.82, 2.24) is 15.3 Å². The number of hydrogen-bond acceptors (Lipinski definition) is 7. The van der Waals surface area contributed by atoms with Crippen LogP contribution >= 0.6 is 0 Å². The molecule has 3 heterocycles. The van der Waals surface area contributed by atoms with Gasteiger partial charge in [-0.3, -0.25) is 10.2 Å². The SMILES string of the molecule is C1CCCC1.N=C(c1ccc(N2C3CCC2CC(O)C3)cc1)c1cc(C(=O)NCc2ncccn2)ccc1N. The summed E-state index contributed by atoms with van der Waals surface area (Å²) < 4.78 is 0. The number of aliphatic hydroxyl groups is 1. The lowest BCUT2D eigenvalue weighted by molar-refractivity contribution is 0.0949. The van der Waals surface area contributed by atoms with Crippen LogP contribution in [0.1, 0.15) is 85.1 Å². The Kier molecular flexibility index (Phi) is 8.51. The lowest BCUT2D eigenvalue weighted by atomic mass is 9.96. The second-order valence-electron chi connectivity index (χ2n) is 10.8. The molecule has 1 aromatic heterocycles. The summed E-state index contributed by atoms with van der Waals surface area (Å²) in [5, 5.41) is 21.6. The van der Waals surface area contributed by atoms with Crippen molar-refractivity contribution in [3.63, 3.8) is 0 Å². The predicted molar refractivity (Wildman–Crippen MR) is 154 cm³/mol. The molecule has 0 spiro atoms. The third-order valence-corrected chi connectivity index (χ3v) is 8.02. The van der Waals surface area contributed by atoms with Crippen LogP contribution < -0.4 is 16.0 Å². The molecule has 2 atom stereocenters. The number of aliphatic hydroxyl groups excluding tert-OH is 1. The first kappa shape index (κ1) is 26.8. The molecule has 3 fully saturated rings. The van der Waals surface area contributed by atoms with Crippen LogP contribution in [0.15, 0.2) is 60.9 Å². The molecule has 6 rings (SSSR count). The quantitative estimate of drug-likeness (QED) is 0.269. The number of aromatic nitrogens is 2. The number of rotatable bonds is 6. The number of nitrogen functional groups attached to an aromatic ring is 1. The van der Waals surface area contributed by atoms with Crippen molar-refractivity contribution < 1.29 is 9.90 Å². The summed E-state index contributed by atoms with van der Waals surface area (Å²) in [7, 11) is 0. The van der Waals surface area contributed by atoms with E-state index in [1.54, 1.807) is 36.7 Å². The van der Waals surface area contributed by atoms with Gasteiger partial charge in [0.1, 0.15) is 5.82 Å². The molecule has 2 saturated heterocycles. The Bertz CT molecular complexity index is 1250. The van der Waals surface area contributed by atoms with Gasteiger partial charge in [-0.1, -0.05) is 44.2 Å². The third-order valence-electron chi connectivity index (χ3n) is 8.02. The minimum atomic E-state index is -0.278. The maximum atomic E-state index is 12.6. The number of hydrogen-bond donors (Lipinski definition) is 4. The standard InChI is InChI=1S/C26H28N6O2.C5H10/c27-23-9-4-17(26(34)31-15-24-29-10-1-11-30-24)12-22(23)25(28)16-2-5-18(6-3-16)32-19-7-8-20(32)14-21(33)13-19;1-2-4-5-3-1/h1-6,9-12,19-21,28,33H,7-8,13-15,27H2,(H,31,34);1-5H2. The highest BCUT2D eigenvalue weighted by atomic mass is 16.3. The summed E-state index contributed by atoms with van der Waals surface area (Å²) >= 11 is 0. The highest BCUT2D eigenvalue weighted by molar-refractivity contribution is 6.15. The van der Waals surface area contributed by atoms with Crippen molar-refractivity contribution >= 4 is 23.0 Å². The van der Waals surface area contributed by atoms with Crippen LogP contribution in [0.5, 0.6) is 0 Å². The Morgan fingerprint density at radius 3 is 2.15 bits per heavy atom. The summed E-state index contributed by atoms with van der Waals surface area (Å²) in [6, 6.07) is 15.4. The Morgan fingerprint density at radius 2 is 1.54 bits per heavy atom. The van der Waals surface area contributed by atoms with Crippen molar-refractivity contribution in [2.24, 2.45) is 0 Å². The van der Waals surface area contributed by atoms with E-state index < -0.39 is 0 Å². The van der Waals surface area contributed by atoms with Gasteiger partial charge in [0.25, 0.3) is 5.91 Å². The third kappa shape index (κ3) is 6.45. The van der Waals surface area contributed by atoms with E-state index in [1.807, 2.05) is 24.3 Å². The second kappa shape index (κ2) is 12.4. The molecule has 1 saturated carbocycles. The number of carbonyl (C=O) groups is 1. The summed E-state index contributed by atoms with van der Waals surface area (Å²) in [6.45, 7) is 0.216. The maximum Gasteiger partial charge on any atom is 0.251 e. The first-order chi connectivity index (χ1) is 19.0. The molecule has 0 radical (unpaired) electrons. The smallest absolute Gasteiger partial charge is 0.251 e. The molecule has 2 aliphatic heterocycles. The average Bonchev–Trinajstić information content (AvgIpc) is 3.63. The molecule has 204 valence electrons. The molecule has 8 nitrogen and oxygen atoms in total. The van der Waals surface area contributed by atoms with Crippen LogP contribution in [0.3, 0.4) is 0 Å². The van der Waals surface area contributed by atoms with E-state index in [0.29, 0.717) is 34.7 Å². The molecule has 5 N–H and O–H groups in total. The Labute approximate surface area is 230 Å². The largest absolute Gasteiger partial charge is 0.398 e. The van der Waals surface area contributed by atoms with Crippen molar-refractivity contribution in [2.45, 2.75) is 82.5 Å². The van der Waals surface area contributed by atoms with Gasteiger partial charge in [-0.2, -0.15) is 0 Å². The van der Waals surface area contributed by atoms with Crippen LogP contribution in [-0.2, 0) is 6.54 Å². The van der Waals surface area contributed by atoms with E-state index >= 15 is 0 Å². The zero-order chi connectivity index (χ0) is 27.2. The molecular formula is C31H38N6O2. The van der Waals surface area contributed by atoms with Gasteiger partial charge in [0.05, 0.1) is 18.4 Å². The summed E-state index contributed by atoms with van der Waals surface area (Å²) in [5.41, 5.74) is 9.67. The minimum Gasteiger partial charge on any atom is -0.398 e. The van der Waals surface area contributed by atoms with Crippen LogP contribution in [0.2, 0.25) is 0 Å². The highest BCUT2D eigenvalue weighted by Gasteiger charge is 2.40. The van der Waals surface area contributed by atoms with E-state index in [0.717, 1.165) is 36.9 Å². The molecule has 2 bridgehead atoms. The molecule has 2 aromatic carbocycles. The summed E-state index contributed by atoms with van der Waals surface area (Å²) in [5.74, 6) is 0.246. The van der Waals surface area contributed by atoms with E-state index in [1.165, 1.54) is 32.1 Å². The molecule has 3 aliphatic rings. The van der Waals surface area contributed by atoms with E-state index in [2.05, 4.69) is 20.2 Å². The lowest BCUT2D eigenvalue weighted by Gasteiger charge is -2.39. The fraction of sp³-hybridized carbons (Fsp3) is 0.419. The molecule has 1 amide bonds. The van der Waals surface area contributed by atoms with E-state index in [9.17, 15) is 9.90 Å². The molecular weight excluding hydrogens is 488 g/mol. The maximum absolute atomic E-state index is 12.6. The van der Waals surface area contributed by atoms with Gasteiger partial charge in [0.2, 0.25) is 0 Å². The van der Waals surface area contributed by atoms with Crippen LogP contribution in [-0.4, -0.2) is 44.9 Å². The highest BCUT2D eigenvalue weighted by Crippen LogP contribution is 2.39. The number of carbonyl (C=O) groups excluding carboxylic acids is 1. The zero-order valence-electron chi connectivity index (χ0n) is 22.4. The number of nitrogens with zero attached hydrogens (tertiary/aromatic N) is 3. The van der Waals surface area contributed by atoms with Crippen molar-refractivity contribution in [3.8, 4) is 0 Å². The molecule has 3 aromatic rings. The Hall–Kier alpha value is -3.78. The van der Waals surface area contributed by atoms with Crippen molar-refractivity contribution in [1.29, 1.82) is 5.41 Å². The summed E-state index contributed by atoms with van der Waals surface area (Å²) in [4.78, 5) is 23.3. The number of amides is 1. The van der Waals surface area contributed by atoms with Gasteiger partial charge in [-0.15, -0.1) is 0 Å². The van der Waals surface area contributed by atoms with Gasteiger partial charge in [0.15, 0.2) is 0 Å². The molecule has 2 unspecified atom stereocenters. The van der Waals surface area contributed by atoms with Crippen LogP contribution in [0.4, 0.5) is 11.4 Å². The number of anilines is 2. The van der Waals surface area contributed by atoms with Crippen LogP contribution in [0.25, 0.3) is 0 Å². The lowest BCUT2D eigenvalue weighted by Crippen LogP contribution is -2.44. The first-order valence-corrected chi connectivity index (χ1v) is 14.1. The number of fused-ring (bicyclic) bond motifs is 2. The molecule has 8 heteroatoms. The van der Waals surface area contributed by atoms with E-state index in [4.69, 9.17) is 11.1 Å². The number of nitrogens with two attached hydrogens (primary N) is 1. The second-order valence-corrected chi connectivity index (χ2v) is 10.8. The fourth-order valence-electron chi connectivity index (χ4n) is 6.01. The van der Waals surface area contributed by atoms with Crippen LogP contribution in [0, 0.1) is 5.41 Å². The average molecular weight is 527 g/mol. The zero-order valence-corrected chi connectivity index (χ0v) is 22.4. The van der Waals surface area contributed by atoms with Crippen molar-refractivity contribution in [3.05, 3.63) is 83.4 Å². The number of piperidine rings is 1. The number of benzene rings is 2. The van der Waals surface area contributed by atoms with E-state index in [-0.39, 0.29) is 24.3 Å². The number of nitrogens with one attached hydrogen (secondary N) is 2. The normalized spacial score (nSPS) is 21.7. The van der Waals surface area contributed by atoms with Gasteiger partial charge < -0.3 is 21.1 Å². The van der Waals surface area contributed by atoms with Crippen molar-refractivity contribution in [2.75, 3.05) is 10.6 Å². The first-order valence-electron chi connectivity index (χ1n) is 14.1. The Balaban J connectivity index is 0.000000555. The topological polar surface area (TPSA) is 128 Å².